The summed E-state index contributed by atoms with van der Waals surface area (Å²) in [4.78, 5) is 31.5. The SMILES string of the molecule is C=Cc1ccc2[nH]c3ccccc3c2c1.O=[C]=[Cr](=[C]=O)=[C]=O. The summed E-state index contributed by atoms with van der Waals surface area (Å²) in [5.74, 6) is 0. The Morgan fingerprint density at radius 2 is 1.55 bits per heavy atom. The molecule has 4 nitrogen and oxygen atoms in total. The van der Waals surface area contributed by atoms with Crippen molar-refractivity contribution < 1.29 is 27.2 Å². The van der Waals surface area contributed by atoms with Crippen LogP contribution in [-0.2, 0) is 27.2 Å². The topological polar surface area (TPSA) is 67.0 Å². The van der Waals surface area contributed by atoms with Gasteiger partial charge in [-0.25, -0.2) is 0 Å². The van der Waals surface area contributed by atoms with Crippen LogP contribution in [-0.4, -0.2) is 19.2 Å². The van der Waals surface area contributed by atoms with Crippen molar-refractivity contribution in [1.82, 2.24) is 4.98 Å². The molecule has 3 aromatic rings. The monoisotopic (exact) mass is 329 g/mol. The molecule has 0 fully saturated rings. The number of aromatic nitrogens is 1. The van der Waals surface area contributed by atoms with Gasteiger partial charge in [0.2, 0.25) is 0 Å². The molecule has 5 heteroatoms. The van der Waals surface area contributed by atoms with Gasteiger partial charge < -0.3 is 4.98 Å². The number of H-pyrrole nitrogens is 1. The normalized spacial score (nSPS) is 9.09. The molecule has 2 aromatic carbocycles. The van der Waals surface area contributed by atoms with Crippen LogP contribution < -0.4 is 0 Å². The Bertz CT molecular complexity index is 1030. The van der Waals surface area contributed by atoms with Gasteiger partial charge in [0.15, 0.2) is 0 Å². The van der Waals surface area contributed by atoms with E-state index in [0.29, 0.717) is 0 Å². The van der Waals surface area contributed by atoms with Crippen LogP contribution >= 0.6 is 0 Å². The quantitative estimate of drug-likeness (QED) is 0.746. The molecule has 0 spiro atoms. The zero-order valence-electron chi connectivity index (χ0n) is 11.5. The first kappa shape index (κ1) is 15.6. The molecule has 0 saturated heterocycles. The molecule has 0 aliphatic rings. The summed E-state index contributed by atoms with van der Waals surface area (Å²) >= 11 is -2.47. The summed E-state index contributed by atoms with van der Waals surface area (Å²) in [6, 6.07) is 14.7. The van der Waals surface area contributed by atoms with Crippen LogP contribution in [0, 0.1) is 0 Å². The van der Waals surface area contributed by atoms with Crippen molar-refractivity contribution in [2.45, 2.75) is 0 Å². The van der Waals surface area contributed by atoms with Crippen LogP contribution in [0.1, 0.15) is 5.56 Å². The Balaban J connectivity index is 0.000000217. The van der Waals surface area contributed by atoms with Crippen molar-refractivity contribution in [2.75, 3.05) is 0 Å². The number of benzene rings is 2. The van der Waals surface area contributed by atoms with E-state index in [1.807, 2.05) is 12.1 Å². The van der Waals surface area contributed by atoms with Crippen LogP contribution in [0.2, 0.25) is 0 Å². The first-order valence-electron chi connectivity index (χ1n) is 6.24. The number of carbonyl (C=O) groups excluding carboxylic acids is 3. The van der Waals surface area contributed by atoms with Crippen LogP contribution in [0.15, 0.2) is 49.0 Å². The molecule has 0 bridgehead atoms. The van der Waals surface area contributed by atoms with Gasteiger partial charge in [-0.2, -0.15) is 0 Å². The van der Waals surface area contributed by atoms with E-state index in [9.17, 15) is 14.4 Å². The van der Waals surface area contributed by atoms with Crippen molar-refractivity contribution in [2.24, 2.45) is 0 Å². The molecule has 108 valence electrons. The van der Waals surface area contributed by atoms with E-state index in [1.54, 1.807) is 0 Å². The summed E-state index contributed by atoms with van der Waals surface area (Å²) < 4.78 is 3.69. The first-order chi connectivity index (χ1) is 10.7. The number of rotatable bonds is 1. The maximum atomic E-state index is 9.37. The number of hydrogen-bond donors (Lipinski definition) is 1. The molecule has 0 atom stereocenters. The summed E-state index contributed by atoms with van der Waals surface area (Å²) in [5.41, 5.74) is 3.53. The van der Waals surface area contributed by atoms with E-state index >= 15 is 0 Å². The zero-order valence-corrected chi connectivity index (χ0v) is 12.7. The third-order valence-corrected chi connectivity index (χ3v) is 3.80. The van der Waals surface area contributed by atoms with Gasteiger partial charge in [-0.3, -0.25) is 0 Å². The van der Waals surface area contributed by atoms with E-state index in [0.717, 1.165) is 5.56 Å². The van der Waals surface area contributed by atoms with Crippen molar-refractivity contribution in [1.29, 1.82) is 0 Å². The fourth-order valence-electron chi connectivity index (χ4n) is 2.04. The predicted octanol–water partition coefficient (Wildman–Crippen LogP) is 2.77. The van der Waals surface area contributed by atoms with E-state index in [-0.39, 0.29) is 0 Å². The van der Waals surface area contributed by atoms with Gasteiger partial charge in [0, 0.05) is 21.8 Å². The number of para-hydroxylation sites is 1. The van der Waals surface area contributed by atoms with Gasteiger partial charge in [-0.1, -0.05) is 36.9 Å². The summed E-state index contributed by atoms with van der Waals surface area (Å²) in [7, 11) is 0. The molecule has 0 amide bonds. The van der Waals surface area contributed by atoms with Gasteiger partial charge in [0.25, 0.3) is 0 Å². The molecular formula is C17H11CrNO3. The molecule has 3 rings (SSSR count). The third-order valence-electron chi connectivity index (χ3n) is 3.02. The van der Waals surface area contributed by atoms with Gasteiger partial charge >= 0.3 is 41.5 Å². The molecule has 22 heavy (non-hydrogen) atoms. The fraction of sp³-hybridized carbons (Fsp3) is 0. The number of fused-ring (bicyclic) bond motifs is 3. The van der Waals surface area contributed by atoms with E-state index < -0.39 is 12.8 Å². The van der Waals surface area contributed by atoms with E-state index in [2.05, 4.69) is 48.0 Å². The Labute approximate surface area is 129 Å². The van der Waals surface area contributed by atoms with Gasteiger partial charge in [-0.15, -0.1) is 0 Å². The Morgan fingerprint density at radius 1 is 0.909 bits per heavy atom. The number of aromatic amines is 1. The second-order valence-corrected chi connectivity index (χ2v) is 5.97. The summed E-state index contributed by atoms with van der Waals surface area (Å²) in [6.45, 7) is 3.79. The number of hydrogen-bond acceptors (Lipinski definition) is 3. The van der Waals surface area contributed by atoms with Crippen LogP contribution in [0.3, 0.4) is 0 Å². The molecule has 0 aliphatic carbocycles. The second-order valence-electron chi connectivity index (χ2n) is 4.24. The van der Waals surface area contributed by atoms with Crippen LogP contribution in [0.5, 0.6) is 0 Å². The van der Waals surface area contributed by atoms with Gasteiger partial charge in [0.1, 0.15) is 0 Å². The minimum atomic E-state index is -2.47. The second kappa shape index (κ2) is 7.31. The maximum absolute atomic E-state index is 9.37. The first-order valence-corrected chi connectivity index (χ1v) is 8.15. The Hall–Kier alpha value is -2.75. The molecule has 0 saturated carbocycles. The zero-order chi connectivity index (χ0) is 15.9. The molecule has 1 N–H and O–H groups in total. The third kappa shape index (κ3) is 3.28. The van der Waals surface area contributed by atoms with Crippen LogP contribution in [0.25, 0.3) is 27.9 Å². The summed E-state index contributed by atoms with van der Waals surface area (Å²) in [6.07, 6.45) is 1.88. The average Bonchev–Trinajstić information content (AvgIpc) is 2.95. The predicted molar refractivity (Wildman–Crippen MR) is 83.0 cm³/mol. The Kier molecular flexibility index (Phi) is 5.20. The molecule has 0 aliphatic heterocycles. The molecule has 0 radical (unpaired) electrons. The van der Waals surface area contributed by atoms with Crippen LogP contribution in [0.4, 0.5) is 0 Å². The van der Waals surface area contributed by atoms with Crippen molar-refractivity contribution >= 4 is 42.1 Å². The van der Waals surface area contributed by atoms with Crippen molar-refractivity contribution in [3.05, 3.63) is 54.6 Å². The minimum absolute atomic E-state index is 1.16. The molecule has 1 aromatic heterocycles. The van der Waals surface area contributed by atoms with Crippen molar-refractivity contribution in [3.63, 3.8) is 0 Å². The molecule has 1 heterocycles. The van der Waals surface area contributed by atoms with Crippen molar-refractivity contribution in [3.8, 4) is 0 Å². The molecular weight excluding hydrogens is 318 g/mol. The number of nitrogens with one attached hydrogen (secondary N) is 1. The van der Waals surface area contributed by atoms with Gasteiger partial charge in [0.05, 0.1) is 0 Å². The summed E-state index contributed by atoms with van der Waals surface area (Å²) in [5, 5.41) is 2.54. The Morgan fingerprint density at radius 3 is 2.14 bits per heavy atom. The van der Waals surface area contributed by atoms with E-state index in [4.69, 9.17) is 0 Å². The van der Waals surface area contributed by atoms with Gasteiger partial charge in [-0.05, 0) is 23.8 Å². The fourth-order valence-corrected chi connectivity index (χ4v) is 2.20. The van der Waals surface area contributed by atoms with E-state index in [1.165, 1.54) is 36.1 Å². The standard InChI is InChI=1S/C14H11N.3CO.Cr/c1-2-10-7-8-14-12(9-10)11-5-3-4-6-13(11)15-14;3*1-2;/h2-9,15H,1H2;;;;. The molecule has 0 unspecified atom stereocenters. The average molecular weight is 329 g/mol.